The molecule has 0 aliphatic carbocycles. The van der Waals surface area contributed by atoms with Crippen molar-refractivity contribution in [3.05, 3.63) is 122 Å². The van der Waals surface area contributed by atoms with E-state index in [4.69, 9.17) is 0 Å². The predicted octanol–water partition coefficient (Wildman–Crippen LogP) is 7.80. The average Bonchev–Trinajstić information content (AvgIpc) is 3.23. The van der Waals surface area contributed by atoms with E-state index in [0.29, 0.717) is 0 Å². The number of unbranched alkanes of at least 4 members (excludes halogenated alkanes) is 2. The number of hydrogen-bond donors (Lipinski definition) is 0. The molecule has 0 amide bonds. The van der Waals surface area contributed by atoms with Crippen molar-refractivity contribution in [1.82, 2.24) is 0 Å². The molecule has 1 aliphatic rings. The van der Waals surface area contributed by atoms with Crippen LogP contribution in [0.1, 0.15) is 56.2 Å². The first kappa shape index (κ1) is 27.6. The zero-order chi connectivity index (χ0) is 21.8. The van der Waals surface area contributed by atoms with Crippen LogP contribution in [0.3, 0.4) is 0 Å². The molecule has 0 N–H and O–H groups in total. The summed E-state index contributed by atoms with van der Waals surface area (Å²) in [5.41, 5.74) is 3.93. The SMILES string of the molecule is [CH2-]CCC.[CH2-]CCC.[CH2-]c1cccc2c1[CH-][P+](c1ccccc1)(c1ccccc1)C2.[Pt+4]. The third kappa shape index (κ3) is 7.27. The summed E-state index contributed by atoms with van der Waals surface area (Å²) >= 11 is 0. The van der Waals surface area contributed by atoms with Gasteiger partial charge in [-0.05, 0) is 24.3 Å². The second-order valence-electron chi connectivity index (χ2n) is 7.52. The van der Waals surface area contributed by atoms with Crippen LogP contribution in [0.15, 0.2) is 78.9 Å². The van der Waals surface area contributed by atoms with Gasteiger partial charge in [-0.25, -0.2) is 6.07 Å². The van der Waals surface area contributed by atoms with Gasteiger partial charge in [-0.3, -0.25) is 18.1 Å². The molecule has 0 spiro atoms. The number of hydrogen-bond acceptors (Lipinski definition) is 0. The Kier molecular flexibility index (Phi) is 12.9. The summed E-state index contributed by atoms with van der Waals surface area (Å²) in [5.74, 6) is 0. The maximum Gasteiger partial charge on any atom is 4.00 e. The molecule has 1 heterocycles. The Balaban J connectivity index is 0.000000465. The molecule has 0 saturated heterocycles. The standard InChI is InChI=1S/C21H18P.2C4H9.Pt/c1-17-9-8-10-18-15-22(16-21(17)18,19-11-4-2-5-12-19)20-13-6-3-7-14-20;2*1-3-4-2;/h2-14,16H,1,15H2;2*1,3-4H2,2H3;/q3*-1;+4. The van der Waals surface area contributed by atoms with E-state index in [9.17, 15) is 0 Å². The molecule has 1 aliphatic heterocycles. The smallest absolute Gasteiger partial charge is 0.343 e. The molecule has 2 heteroatoms. The van der Waals surface area contributed by atoms with E-state index in [1.807, 2.05) is 0 Å². The van der Waals surface area contributed by atoms with Crippen LogP contribution in [0.4, 0.5) is 0 Å². The zero-order valence-electron chi connectivity index (χ0n) is 19.0. The van der Waals surface area contributed by atoms with Gasteiger partial charge in [-0.15, -0.1) is 12.1 Å². The number of fused-ring (bicyclic) bond motifs is 1. The monoisotopic (exact) mass is 610 g/mol. The third-order valence-electron chi connectivity index (χ3n) is 5.20. The van der Waals surface area contributed by atoms with E-state index >= 15 is 0 Å². The van der Waals surface area contributed by atoms with Crippen LogP contribution >= 0.6 is 7.26 Å². The fourth-order valence-electron chi connectivity index (χ4n) is 3.37. The summed E-state index contributed by atoms with van der Waals surface area (Å²) in [7, 11) is -1.53. The van der Waals surface area contributed by atoms with Gasteiger partial charge in [0.1, 0.15) is 0 Å². The zero-order valence-corrected chi connectivity index (χ0v) is 22.2. The predicted molar refractivity (Wildman–Crippen MR) is 138 cm³/mol. The summed E-state index contributed by atoms with van der Waals surface area (Å²) in [6.07, 6.45) is 8.19. The second-order valence-corrected chi connectivity index (χ2v) is 10.9. The van der Waals surface area contributed by atoms with Crippen molar-refractivity contribution < 1.29 is 21.1 Å². The Bertz CT molecular complexity index is 811. The molecule has 0 bridgehead atoms. The largest absolute Gasteiger partial charge is 4.00 e. The maximum absolute atomic E-state index is 4.23. The van der Waals surface area contributed by atoms with Crippen LogP contribution in [-0.2, 0) is 27.2 Å². The van der Waals surface area contributed by atoms with E-state index in [-0.39, 0.29) is 21.1 Å². The van der Waals surface area contributed by atoms with Crippen LogP contribution in [-0.4, -0.2) is 0 Å². The van der Waals surface area contributed by atoms with Crippen LogP contribution < -0.4 is 10.6 Å². The molecular weight excluding hydrogens is 574 g/mol. The van der Waals surface area contributed by atoms with E-state index in [0.717, 1.165) is 24.6 Å². The summed E-state index contributed by atoms with van der Waals surface area (Å²) in [5, 5.41) is 2.91. The first-order chi connectivity index (χ1) is 14.6. The van der Waals surface area contributed by atoms with Gasteiger partial charge in [0.15, 0.2) is 0 Å². The van der Waals surface area contributed by atoms with Gasteiger partial charge in [0.05, 0.1) is 10.6 Å². The van der Waals surface area contributed by atoms with Crippen molar-refractivity contribution in [2.24, 2.45) is 0 Å². The van der Waals surface area contributed by atoms with Crippen LogP contribution in [0, 0.1) is 26.9 Å². The number of rotatable bonds is 4. The van der Waals surface area contributed by atoms with Gasteiger partial charge in [0.2, 0.25) is 0 Å². The molecular formula is C29H36PPt+. The second kappa shape index (κ2) is 14.6. The van der Waals surface area contributed by atoms with Gasteiger partial charge >= 0.3 is 21.1 Å². The maximum atomic E-state index is 4.23. The Morgan fingerprint density at radius 2 is 1.19 bits per heavy atom. The summed E-state index contributed by atoms with van der Waals surface area (Å²) in [6.45, 7) is 15.7. The minimum atomic E-state index is -1.53. The molecule has 0 unspecified atom stereocenters. The van der Waals surface area contributed by atoms with Gasteiger partial charge in [-0.2, -0.15) is 18.4 Å². The molecule has 31 heavy (non-hydrogen) atoms. The molecule has 3 aromatic rings. The quantitative estimate of drug-likeness (QED) is 0.209. The van der Waals surface area contributed by atoms with Gasteiger partial charge < -0.3 is 13.8 Å². The molecule has 0 radical (unpaired) electrons. The minimum absolute atomic E-state index is 0. The van der Waals surface area contributed by atoms with Crippen molar-refractivity contribution in [2.45, 2.75) is 45.7 Å². The molecule has 0 atom stereocenters. The van der Waals surface area contributed by atoms with E-state index < -0.39 is 7.26 Å². The molecule has 0 aromatic heterocycles. The molecule has 0 nitrogen and oxygen atoms in total. The van der Waals surface area contributed by atoms with Crippen LogP contribution in [0.2, 0.25) is 0 Å². The first-order valence-corrected chi connectivity index (χ1v) is 13.0. The van der Waals surface area contributed by atoms with Crippen LogP contribution in [0.5, 0.6) is 0 Å². The van der Waals surface area contributed by atoms with Crippen molar-refractivity contribution >= 4 is 17.9 Å². The fraction of sp³-hybridized carbons (Fsp3) is 0.241. The molecule has 0 saturated carbocycles. The molecule has 166 valence electrons. The topological polar surface area (TPSA) is 0 Å². The van der Waals surface area contributed by atoms with Crippen LogP contribution in [0.25, 0.3) is 0 Å². The van der Waals surface area contributed by atoms with E-state index in [2.05, 4.69) is 120 Å². The third-order valence-corrected chi connectivity index (χ3v) is 9.17. The van der Waals surface area contributed by atoms with E-state index in [1.54, 1.807) is 0 Å². The Labute approximate surface area is 206 Å². The van der Waals surface area contributed by atoms with Crippen molar-refractivity contribution in [1.29, 1.82) is 0 Å². The van der Waals surface area contributed by atoms with Crippen molar-refractivity contribution in [3.8, 4) is 0 Å². The van der Waals surface area contributed by atoms with Crippen molar-refractivity contribution in [3.63, 3.8) is 0 Å². The summed E-state index contributed by atoms with van der Waals surface area (Å²) in [6, 6.07) is 28.5. The summed E-state index contributed by atoms with van der Waals surface area (Å²) in [4.78, 5) is 0. The number of benzene rings is 3. The Morgan fingerprint density at radius 3 is 1.58 bits per heavy atom. The Morgan fingerprint density at radius 1 is 0.742 bits per heavy atom. The van der Waals surface area contributed by atoms with E-state index in [1.165, 1.54) is 34.6 Å². The fourth-order valence-corrected chi connectivity index (χ4v) is 7.42. The normalized spacial score (nSPS) is 12.6. The van der Waals surface area contributed by atoms with Gasteiger partial charge in [0, 0.05) is 13.4 Å². The van der Waals surface area contributed by atoms with Gasteiger partial charge in [0.25, 0.3) is 0 Å². The summed E-state index contributed by atoms with van der Waals surface area (Å²) < 4.78 is 0. The van der Waals surface area contributed by atoms with Crippen molar-refractivity contribution in [2.75, 3.05) is 0 Å². The molecule has 4 rings (SSSR count). The molecule has 3 aromatic carbocycles. The average molecular weight is 611 g/mol. The van der Waals surface area contributed by atoms with Gasteiger partial charge in [-0.1, -0.05) is 69.2 Å². The Hall–Kier alpha value is -1.48. The first-order valence-electron chi connectivity index (χ1n) is 11.0. The molecule has 0 fully saturated rings. The minimum Gasteiger partial charge on any atom is -0.343 e.